The molecule has 3 aromatic rings. The second-order valence-electron chi connectivity index (χ2n) is 7.30. The second kappa shape index (κ2) is 9.47. The van der Waals surface area contributed by atoms with Gasteiger partial charge in [-0.15, -0.1) is 0 Å². The van der Waals surface area contributed by atoms with Gasteiger partial charge in [0.05, 0.1) is 27.8 Å². The van der Waals surface area contributed by atoms with E-state index in [2.05, 4.69) is 15.2 Å². The summed E-state index contributed by atoms with van der Waals surface area (Å²) in [5, 5.41) is 3.97. The molecule has 2 heterocycles. The van der Waals surface area contributed by atoms with E-state index in [9.17, 15) is 4.79 Å². The highest BCUT2D eigenvalue weighted by atomic mass is 35.5. The number of nitrogens with one attached hydrogen (secondary N) is 1. The average molecular weight is 442 g/mol. The van der Waals surface area contributed by atoms with Crippen molar-refractivity contribution in [1.29, 1.82) is 0 Å². The van der Waals surface area contributed by atoms with Crippen molar-refractivity contribution >= 4 is 34.8 Å². The summed E-state index contributed by atoms with van der Waals surface area (Å²) in [6, 6.07) is 17.1. The molecule has 0 atom stereocenters. The van der Waals surface area contributed by atoms with Gasteiger partial charge in [-0.1, -0.05) is 41.4 Å². The molecule has 0 unspecified atom stereocenters. The fourth-order valence-corrected chi connectivity index (χ4v) is 3.61. The van der Waals surface area contributed by atoms with Crippen molar-refractivity contribution < 1.29 is 9.53 Å². The third kappa shape index (κ3) is 5.30. The lowest BCUT2D eigenvalue weighted by atomic mass is 9.98. The minimum absolute atomic E-state index is 0.0130. The van der Waals surface area contributed by atoms with Gasteiger partial charge >= 0.3 is 0 Å². The highest BCUT2D eigenvalue weighted by Gasteiger charge is 2.32. The smallest absolute Gasteiger partial charge is 0.230 e. The number of pyridine rings is 1. The molecule has 1 fully saturated rings. The van der Waals surface area contributed by atoms with Crippen LogP contribution < -0.4 is 10.1 Å². The summed E-state index contributed by atoms with van der Waals surface area (Å²) in [6.45, 7) is 2.74. The molecule has 4 rings (SSSR count). The Kier molecular flexibility index (Phi) is 6.53. The number of amides is 1. The van der Waals surface area contributed by atoms with Crippen molar-refractivity contribution in [1.82, 2.24) is 9.88 Å². The minimum Gasteiger partial charge on any atom is -0.489 e. The van der Waals surface area contributed by atoms with Crippen LogP contribution in [0.2, 0.25) is 10.0 Å². The summed E-state index contributed by atoms with van der Waals surface area (Å²) >= 11 is 12.0. The van der Waals surface area contributed by atoms with Crippen molar-refractivity contribution in [3.05, 3.63) is 88.2 Å². The number of hydrogen-bond acceptors (Lipinski definition) is 4. The van der Waals surface area contributed by atoms with E-state index in [-0.39, 0.29) is 11.8 Å². The SMILES string of the molecule is O=C(Nc1cccnc1)C1CN(Cc2ccc(OCc3ccc(Cl)c(Cl)c3)cc2)C1. The van der Waals surface area contributed by atoms with Crippen molar-refractivity contribution in [2.75, 3.05) is 18.4 Å². The third-order valence-electron chi connectivity index (χ3n) is 4.98. The number of aromatic nitrogens is 1. The quantitative estimate of drug-likeness (QED) is 0.557. The molecule has 154 valence electrons. The van der Waals surface area contributed by atoms with E-state index < -0.39 is 0 Å². The van der Waals surface area contributed by atoms with Crippen LogP contribution in [0.1, 0.15) is 11.1 Å². The zero-order chi connectivity index (χ0) is 20.9. The normalized spacial score (nSPS) is 14.2. The van der Waals surface area contributed by atoms with Crippen LogP contribution in [-0.2, 0) is 17.9 Å². The number of likely N-dealkylation sites (tertiary alicyclic amines) is 1. The summed E-state index contributed by atoms with van der Waals surface area (Å²) in [5.41, 5.74) is 2.88. The Morgan fingerprint density at radius 1 is 1.07 bits per heavy atom. The van der Waals surface area contributed by atoms with Gasteiger partial charge in [-0.25, -0.2) is 0 Å². The maximum atomic E-state index is 12.3. The van der Waals surface area contributed by atoms with Crippen LogP contribution >= 0.6 is 23.2 Å². The van der Waals surface area contributed by atoms with Gasteiger partial charge in [0.25, 0.3) is 0 Å². The summed E-state index contributed by atoms with van der Waals surface area (Å²) in [6.07, 6.45) is 3.34. The predicted octanol–water partition coefficient (Wildman–Crippen LogP) is 5.04. The molecule has 1 aliphatic heterocycles. The van der Waals surface area contributed by atoms with Crippen molar-refractivity contribution in [2.24, 2.45) is 5.92 Å². The Morgan fingerprint density at radius 3 is 2.53 bits per heavy atom. The Balaban J connectivity index is 1.21. The average Bonchev–Trinajstić information content (AvgIpc) is 2.73. The molecule has 2 aromatic carbocycles. The van der Waals surface area contributed by atoms with E-state index in [1.165, 1.54) is 5.56 Å². The fraction of sp³-hybridized carbons (Fsp3) is 0.217. The van der Waals surface area contributed by atoms with E-state index in [0.29, 0.717) is 16.7 Å². The highest BCUT2D eigenvalue weighted by Crippen LogP contribution is 2.24. The highest BCUT2D eigenvalue weighted by molar-refractivity contribution is 6.42. The summed E-state index contributed by atoms with van der Waals surface area (Å²) in [4.78, 5) is 18.5. The van der Waals surface area contributed by atoms with Crippen LogP contribution in [0.25, 0.3) is 0 Å². The molecule has 1 amide bonds. The zero-order valence-corrected chi connectivity index (χ0v) is 17.7. The molecule has 0 aliphatic carbocycles. The number of carbonyl (C=O) groups excluding carboxylic acids is 1. The molecule has 1 aromatic heterocycles. The van der Waals surface area contributed by atoms with Gasteiger partial charge in [-0.2, -0.15) is 0 Å². The molecule has 5 nitrogen and oxygen atoms in total. The maximum Gasteiger partial charge on any atom is 0.230 e. The number of carbonyl (C=O) groups is 1. The number of halogens is 2. The third-order valence-corrected chi connectivity index (χ3v) is 5.72. The molecule has 7 heteroatoms. The van der Waals surface area contributed by atoms with Gasteiger partial charge in [0.15, 0.2) is 0 Å². The van der Waals surface area contributed by atoms with E-state index in [4.69, 9.17) is 27.9 Å². The van der Waals surface area contributed by atoms with E-state index in [1.54, 1.807) is 24.5 Å². The molecule has 30 heavy (non-hydrogen) atoms. The molecule has 0 spiro atoms. The van der Waals surface area contributed by atoms with Crippen LogP contribution in [0, 0.1) is 5.92 Å². The maximum absolute atomic E-state index is 12.3. The van der Waals surface area contributed by atoms with Gasteiger partial charge in [-0.05, 0) is 47.5 Å². The number of hydrogen-bond donors (Lipinski definition) is 1. The summed E-state index contributed by atoms with van der Waals surface area (Å²) < 4.78 is 5.82. The van der Waals surface area contributed by atoms with E-state index in [1.807, 2.05) is 42.5 Å². The standard InChI is InChI=1S/C23H21Cl2N3O2/c24-21-8-5-17(10-22(21)25)15-30-20-6-3-16(4-7-20)12-28-13-18(14-28)23(29)27-19-2-1-9-26-11-19/h1-11,18H,12-15H2,(H,27,29). The number of nitrogens with zero attached hydrogens (tertiary/aromatic N) is 2. The Labute approximate surface area is 185 Å². The Hall–Kier alpha value is -2.60. The van der Waals surface area contributed by atoms with E-state index >= 15 is 0 Å². The second-order valence-corrected chi connectivity index (χ2v) is 8.12. The topological polar surface area (TPSA) is 54.5 Å². The first-order valence-corrected chi connectivity index (χ1v) is 10.4. The van der Waals surface area contributed by atoms with Gasteiger partial charge in [-0.3, -0.25) is 14.7 Å². The number of anilines is 1. The Morgan fingerprint density at radius 2 is 1.83 bits per heavy atom. The number of ether oxygens (including phenoxy) is 1. The van der Waals surface area contributed by atoms with Crippen LogP contribution in [0.4, 0.5) is 5.69 Å². The van der Waals surface area contributed by atoms with Gasteiger partial charge in [0.2, 0.25) is 5.91 Å². The van der Waals surface area contributed by atoms with Gasteiger partial charge in [0, 0.05) is 25.8 Å². The van der Waals surface area contributed by atoms with Crippen LogP contribution in [0.15, 0.2) is 67.0 Å². The summed E-state index contributed by atoms with van der Waals surface area (Å²) in [5.74, 6) is 0.853. The van der Waals surface area contributed by atoms with Crippen LogP contribution in [-0.4, -0.2) is 28.9 Å². The van der Waals surface area contributed by atoms with Gasteiger partial charge < -0.3 is 10.1 Å². The lowest BCUT2D eigenvalue weighted by Crippen LogP contribution is -2.51. The molecule has 1 aliphatic rings. The molecule has 1 N–H and O–H groups in total. The summed E-state index contributed by atoms with van der Waals surface area (Å²) in [7, 11) is 0. The first-order valence-electron chi connectivity index (χ1n) is 9.66. The van der Waals surface area contributed by atoms with Crippen molar-refractivity contribution in [3.8, 4) is 5.75 Å². The molecular weight excluding hydrogens is 421 g/mol. The van der Waals surface area contributed by atoms with Crippen LogP contribution in [0.3, 0.4) is 0 Å². The molecule has 0 radical (unpaired) electrons. The predicted molar refractivity (Wildman–Crippen MR) is 119 cm³/mol. The fourth-order valence-electron chi connectivity index (χ4n) is 3.29. The molecule has 0 saturated carbocycles. The minimum atomic E-state index is 0.0130. The first-order chi connectivity index (χ1) is 14.6. The molecule has 0 bridgehead atoms. The molecule has 1 saturated heterocycles. The van der Waals surface area contributed by atoms with Crippen molar-refractivity contribution in [3.63, 3.8) is 0 Å². The van der Waals surface area contributed by atoms with Crippen LogP contribution in [0.5, 0.6) is 5.75 Å². The molecular formula is C23H21Cl2N3O2. The van der Waals surface area contributed by atoms with E-state index in [0.717, 1.165) is 36.6 Å². The van der Waals surface area contributed by atoms with Gasteiger partial charge in [0.1, 0.15) is 12.4 Å². The monoisotopic (exact) mass is 441 g/mol. The lowest BCUT2D eigenvalue weighted by molar-refractivity contribution is -0.125. The van der Waals surface area contributed by atoms with Crippen molar-refractivity contribution in [2.45, 2.75) is 13.2 Å². The Bertz CT molecular complexity index is 1010. The first kappa shape index (κ1) is 20.7. The largest absolute Gasteiger partial charge is 0.489 e. The number of rotatable bonds is 7. The number of benzene rings is 2. The zero-order valence-electron chi connectivity index (χ0n) is 16.2. The lowest BCUT2D eigenvalue weighted by Gasteiger charge is -2.38.